The van der Waals surface area contributed by atoms with Crippen molar-refractivity contribution in [2.75, 3.05) is 0 Å². The lowest BCUT2D eigenvalue weighted by Gasteiger charge is -2.22. The van der Waals surface area contributed by atoms with Crippen LogP contribution in [0.25, 0.3) is 33.2 Å². The molecular formula is C28H31FN6O. The third kappa shape index (κ3) is 4.05. The van der Waals surface area contributed by atoms with Gasteiger partial charge in [0.15, 0.2) is 0 Å². The highest BCUT2D eigenvalue weighted by molar-refractivity contribution is 6.07. The average Bonchev–Trinajstić information content (AvgIpc) is 3.34. The van der Waals surface area contributed by atoms with Crippen LogP contribution < -0.4 is 0 Å². The first-order valence-corrected chi connectivity index (χ1v) is 12.3. The number of benzene rings is 1. The molecule has 0 aliphatic heterocycles. The minimum atomic E-state index is -1.07. The second-order valence-electron chi connectivity index (χ2n) is 9.93. The Morgan fingerprint density at radius 3 is 2.56 bits per heavy atom. The van der Waals surface area contributed by atoms with Gasteiger partial charge in [-0.1, -0.05) is 31.0 Å². The van der Waals surface area contributed by atoms with Gasteiger partial charge in [-0.15, -0.1) is 5.10 Å². The first-order valence-electron chi connectivity index (χ1n) is 12.3. The van der Waals surface area contributed by atoms with E-state index in [4.69, 9.17) is 9.97 Å². The van der Waals surface area contributed by atoms with Crippen LogP contribution in [0, 0.1) is 12.7 Å². The van der Waals surface area contributed by atoms with E-state index in [0.29, 0.717) is 28.0 Å². The van der Waals surface area contributed by atoms with Crippen LogP contribution in [0.1, 0.15) is 63.0 Å². The van der Waals surface area contributed by atoms with Gasteiger partial charge >= 0.3 is 0 Å². The number of pyridine rings is 2. The third-order valence-electron chi connectivity index (χ3n) is 6.86. The van der Waals surface area contributed by atoms with Crippen LogP contribution in [0.15, 0.2) is 48.8 Å². The summed E-state index contributed by atoms with van der Waals surface area (Å²) in [4.78, 5) is 9.43. The Morgan fingerprint density at radius 1 is 1.11 bits per heavy atom. The molecule has 1 atom stereocenters. The first kappa shape index (κ1) is 24.1. The van der Waals surface area contributed by atoms with Crippen LogP contribution in [0.5, 0.6) is 0 Å². The molecule has 0 spiro atoms. The van der Waals surface area contributed by atoms with Crippen LogP contribution in [0.3, 0.4) is 0 Å². The van der Waals surface area contributed by atoms with E-state index in [1.54, 1.807) is 44.0 Å². The lowest BCUT2D eigenvalue weighted by molar-refractivity contribution is 0.0784. The van der Waals surface area contributed by atoms with Crippen molar-refractivity contribution in [3.63, 3.8) is 0 Å². The number of aliphatic hydroxyl groups is 1. The predicted octanol–water partition coefficient (Wildman–Crippen LogP) is 5.83. The molecular weight excluding hydrogens is 455 g/mol. The molecule has 1 N–H and O–H groups in total. The van der Waals surface area contributed by atoms with Crippen LogP contribution in [-0.4, -0.2) is 34.6 Å². The highest BCUT2D eigenvalue weighted by atomic mass is 19.1. The topological polar surface area (TPSA) is 81.7 Å². The van der Waals surface area contributed by atoms with Crippen LogP contribution in [-0.2, 0) is 12.6 Å². The molecule has 8 heteroatoms. The lowest BCUT2D eigenvalue weighted by Crippen LogP contribution is -2.17. The van der Waals surface area contributed by atoms with E-state index in [1.165, 1.54) is 0 Å². The number of rotatable bonds is 7. The largest absolute Gasteiger partial charge is 0.386 e. The van der Waals surface area contributed by atoms with E-state index in [-0.39, 0.29) is 11.9 Å². The molecule has 1 aromatic carbocycles. The molecule has 0 unspecified atom stereocenters. The van der Waals surface area contributed by atoms with E-state index in [2.05, 4.69) is 21.8 Å². The number of hydrogen-bond donors (Lipinski definition) is 1. The minimum absolute atomic E-state index is 0.0888. The molecule has 4 heterocycles. The first-order chi connectivity index (χ1) is 17.2. The molecule has 36 heavy (non-hydrogen) atoms. The zero-order valence-electron chi connectivity index (χ0n) is 21.3. The SMILES string of the molecule is CCCC[C@@H](c1ccccn1)n1c2cc(-c3c(C)nnn3C)c(F)cc2c2ncc(C(C)(C)O)cc21. The summed E-state index contributed by atoms with van der Waals surface area (Å²) in [5.41, 5.74) is 4.69. The summed E-state index contributed by atoms with van der Waals surface area (Å²) in [7, 11) is 1.77. The molecule has 7 nitrogen and oxygen atoms in total. The highest BCUT2D eigenvalue weighted by Gasteiger charge is 2.26. The number of unbranched alkanes of at least 4 members (excludes halogenated alkanes) is 1. The van der Waals surface area contributed by atoms with E-state index >= 15 is 4.39 Å². The Hall–Kier alpha value is -3.65. The second-order valence-corrected chi connectivity index (χ2v) is 9.93. The Kier molecular flexibility index (Phi) is 6.08. The summed E-state index contributed by atoms with van der Waals surface area (Å²) in [5.74, 6) is -0.355. The van der Waals surface area contributed by atoms with Crippen molar-refractivity contribution in [3.8, 4) is 11.3 Å². The number of aryl methyl sites for hydroxylation is 2. The van der Waals surface area contributed by atoms with Crippen molar-refractivity contribution in [3.05, 3.63) is 71.6 Å². The maximum absolute atomic E-state index is 15.6. The Morgan fingerprint density at radius 2 is 1.92 bits per heavy atom. The quantitative estimate of drug-likeness (QED) is 0.313. The molecule has 0 aliphatic carbocycles. The molecule has 0 fully saturated rings. The zero-order valence-corrected chi connectivity index (χ0v) is 21.3. The van der Waals surface area contributed by atoms with Gasteiger partial charge in [0.25, 0.3) is 0 Å². The van der Waals surface area contributed by atoms with Gasteiger partial charge in [-0.05, 0) is 57.5 Å². The molecule has 5 aromatic rings. The van der Waals surface area contributed by atoms with Gasteiger partial charge in [-0.3, -0.25) is 9.97 Å². The number of aromatic nitrogens is 6. The number of nitrogens with zero attached hydrogens (tertiary/aromatic N) is 6. The molecule has 0 aliphatic rings. The summed E-state index contributed by atoms with van der Waals surface area (Å²) in [5, 5.41) is 19.7. The molecule has 0 saturated carbocycles. The van der Waals surface area contributed by atoms with Crippen molar-refractivity contribution < 1.29 is 9.50 Å². The van der Waals surface area contributed by atoms with Crippen LogP contribution >= 0.6 is 0 Å². The molecule has 0 bridgehead atoms. The van der Waals surface area contributed by atoms with Gasteiger partial charge in [0.05, 0.1) is 45.3 Å². The number of halogens is 1. The summed E-state index contributed by atoms with van der Waals surface area (Å²) >= 11 is 0. The standard InChI is InChI=1S/C28H31FN6O/c1-6-7-11-23(22-10-8-9-12-30-22)35-24-15-19(27-17(2)32-33-34(27)5)21(29)14-20(24)26-25(35)13-18(16-31-26)28(3,4)36/h8-10,12-16,23,36H,6-7,11H2,1-5H3/t23-/m0/s1. The van der Waals surface area contributed by atoms with Crippen molar-refractivity contribution in [1.29, 1.82) is 0 Å². The zero-order chi connectivity index (χ0) is 25.6. The van der Waals surface area contributed by atoms with E-state index in [9.17, 15) is 5.11 Å². The summed E-state index contributed by atoms with van der Waals surface area (Å²) < 4.78 is 19.4. The third-order valence-corrected chi connectivity index (χ3v) is 6.86. The summed E-state index contributed by atoms with van der Waals surface area (Å²) in [6, 6.07) is 11.3. The maximum Gasteiger partial charge on any atom is 0.133 e. The summed E-state index contributed by atoms with van der Waals surface area (Å²) in [6.07, 6.45) is 6.37. The maximum atomic E-state index is 15.6. The van der Waals surface area contributed by atoms with Crippen LogP contribution in [0.2, 0.25) is 0 Å². The van der Waals surface area contributed by atoms with Gasteiger partial charge in [0.1, 0.15) is 5.82 Å². The van der Waals surface area contributed by atoms with E-state index in [0.717, 1.165) is 41.4 Å². The highest BCUT2D eigenvalue weighted by Crippen LogP contribution is 2.39. The minimum Gasteiger partial charge on any atom is -0.386 e. The fourth-order valence-electron chi connectivity index (χ4n) is 4.99. The Labute approximate surface area is 209 Å². The van der Waals surface area contributed by atoms with Crippen molar-refractivity contribution in [2.24, 2.45) is 7.05 Å². The van der Waals surface area contributed by atoms with Gasteiger partial charge < -0.3 is 9.67 Å². The normalized spacial score (nSPS) is 13.1. The fourth-order valence-corrected chi connectivity index (χ4v) is 4.99. The Balaban J connectivity index is 1.89. The van der Waals surface area contributed by atoms with Gasteiger partial charge in [0.2, 0.25) is 0 Å². The van der Waals surface area contributed by atoms with Crippen molar-refractivity contribution in [1.82, 2.24) is 29.5 Å². The second kappa shape index (κ2) is 9.09. The monoisotopic (exact) mass is 486 g/mol. The molecule has 0 saturated heterocycles. The van der Waals surface area contributed by atoms with Crippen LogP contribution in [0.4, 0.5) is 4.39 Å². The molecule has 0 radical (unpaired) electrons. The van der Waals surface area contributed by atoms with Gasteiger partial charge in [-0.2, -0.15) is 0 Å². The molecule has 4 aromatic heterocycles. The molecule has 0 amide bonds. The van der Waals surface area contributed by atoms with Crippen molar-refractivity contribution >= 4 is 21.9 Å². The lowest BCUT2D eigenvalue weighted by atomic mass is 10.00. The predicted molar refractivity (Wildman–Crippen MR) is 139 cm³/mol. The van der Waals surface area contributed by atoms with Gasteiger partial charge in [-0.25, -0.2) is 9.07 Å². The summed E-state index contributed by atoms with van der Waals surface area (Å²) in [6.45, 7) is 7.48. The fraction of sp³-hybridized carbons (Fsp3) is 0.357. The van der Waals surface area contributed by atoms with E-state index < -0.39 is 5.60 Å². The Bertz CT molecular complexity index is 1530. The molecule has 5 rings (SSSR count). The molecule has 186 valence electrons. The van der Waals surface area contributed by atoms with Crippen molar-refractivity contribution in [2.45, 2.75) is 58.6 Å². The smallest absolute Gasteiger partial charge is 0.133 e. The average molecular weight is 487 g/mol. The number of hydrogen-bond acceptors (Lipinski definition) is 5. The number of fused-ring (bicyclic) bond motifs is 3. The van der Waals surface area contributed by atoms with E-state index in [1.807, 2.05) is 37.3 Å². The van der Waals surface area contributed by atoms with Gasteiger partial charge in [0, 0.05) is 36.0 Å².